The Labute approximate surface area is 271 Å². The Balaban J connectivity index is 1.48. The molecule has 0 bridgehead atoms. The predicted octanol–water partition coefficient (Wildman–Crippen LogP) is 11.3. The van der Waals surface area contributed by atoms with Gasteiger partial charge in [0.25, 0.3) is 0 Å². The summed E-state index contributed by atoms with van der Waals surface area (Å²) in [5.74, 6) is 1.44. The van der Waals surface area contributed by atoms with Gasteiger partial charge < -0.3 is 4.57 Å². The number of rotatable bonds is 7. The van der Waals surface area contributed by atoms with Gasteiger partial charge in [-0.3, -0.25) is 4.57 Å². The molecule has 46 heavy (non-hydrogen) atoms. The highest BCUT2D eigenvalue weighted by molar-refractivity contribution is 6.03. The van der Waals surface area contributed by atoms with Crippen LogP contribution >= 0.6 is 0 Å². The number of para-hydroxylation sites is 1. The summed E-state index contributed by atoms with van der Waals surface area (Å²) in [5.41, 5.74) is 13.8. The van der Waals surface area contributed by atoms with Gasteiger partial charge in [0.2, 0.25) is 0 Å². The Morgan fingerprint density at radius 1 is 0.696 bits per heavy atom. The van der Waals surface area contributed by atoms with E-state index >= 15 is 0 Å². The van der Waals surface area contributed by atoms with Crippen LogP contribution in [-0.4, -0.2) is 14.1 Å². The minimum Gasteiger partial charge on any atom is -0.310 e. The molecule has 1 unspecified atom stereocenters. The number of fused-ring (bicyclic) bond motifs is 4. The average Bonchev–Trinajstić information content (AvgIpc) is 3.60. The molecular weight excluding hydrogens is 558 g/mol. The summed E-state index contributed by atoms with van der Waals surface area (Å²) in [5, 5.41) is 2.72. The van der Waals surface area contributed by atoms with Gasteiger partial charge in [-0.2, -0.15) is 0 Å². The first kappa shape index (κ1) is 28.3. The van der Waals surface area contributed by atoms with E-state index in [-0.39, 0.29) is 0 Å². The molecule has 1 atom stereocenters. The fourth-order valence-corrected chi connectivity index (χ4v) is 7.61. The highest BCUT2D eigenvalue weighted by Crippen LogP contribution is 2.43. The van der Waals surface area contributed by atoms with E-state index in [4.69, 9.17) is 4.98 Å². The zero-order chi connectivity index (χ0) is 31.2. The minimum absolute atomic E-state index is 0.463. The molecule has 3 heterocycles. The molecule has 1 aliphatic rings. The lowest BCUT2D eigenvalue weighted by atomic mass is 9.90. The normalized spacial score (nSPS) is 14.3. The molecule has 0 fully saturated rings. The molecule has 1 aliphatic carbocycles. The van der Waals surface area contributed by atoms with Crippen LogP contribution in [0.1, 0.15) is 62.0 Å². The van der Waals surface area contributed by atoms with Crippen LogP contribution in [0.5, 0.6) is 0 Å². The van der Waals surface area contributed by atoms with Crippen LogP contribution in [0.15, 0.2) is 121 Å². The molecule has 0 saturated heterocycles. The topological polar surface area (TPSA) is 22.8 Å². The molecule has 0 N–H and O–H groups in total. The van der Waals surface area contributed by atoms with Gasteiger partial charge in [0.1, 0.15) is 5.82 Å². The van der Waals surface area contributed by atoms with Crippen molar-refractivity contribution in [2.24, 2.45) is 0 Å². The molecule has 0 radical (unpaired) electrons. The maximum absolute atomic E-state index is 5.42. The van der Waals surface area contributed by atoms with Crippen molar-refractivity contribution >= 4 is 27.9 Å². The number of aromatic nitrogens is 3. The van der Waals surface area contributed by atoms with E-state index in [9.17, 15) is 0 Å². The summed E-state index contributed by atoms with van der Waals surface area (Å²) in [6.45, 7) is 6.97. The van der Waals surface area contributed by atoms with Crippen LogP contribution in [0.2, 0.25) is 0 Å². The number of pyridine rings is 1. The van der Waals surface area contributed by atoms with Gasteiger partial charge in [-0.25, -0.2) is 4.98 Å². The van der Waals surface area contributed by atoms with E-state index < -0.39 is 0 Å². The number of allylic oxidation sites excluding steroid dienone is 1. The van der Waals surface area contributed by atoms with Crippen molar-refractivity contribution in [3.8, 4) is 33.9 Å². The second-order valence-electron chi connectivity index (χ2n) is 12.6. The molecular formula is C43H39N3. The smallest absolute Gasteiger partial charge is 0.138 e. The standard InChI is InChI=1S/C43H39N3/c1-4-16-38-34(5-2)35-27-36-41(45(33-22-13-8-14-23-33)39-24-15-17-29(3)43(36)39)28-40(35)46(38)42-26-32(30-18-9-6-10-19-30)25-37(44-42)31-20-11-7-12-21-31/h6-15,18-29H,4-5,16-17H2,1-3H3. The number of hydrogen-bond donors (Lipinski definition) is 0. The first-order valence-corrected chi connectivity index (χ1v) is 16.8. The molecule has 226 valence electrons. The third-order valence-corrected chi connectivity index (χ3v) is 9.68. The van der Waals surface area contributed by atoms with Crippen molar-refractivity contribution in [2.75, 3.05) is 0 Å². The van der Waals surface area contributed by atoms with Gasteiger partial charge in [0, 0.05) is 33.4 Å². The van der Waals surface area contributed by atoms with E-state index in [1.54, 1.807) is 0 Å². The number of aryl methyl sites for hydroxylation is 1. The number of hydrogen-bond acceptors (Lipinski definition) is 1. The molecule has 0 spiro atoms. The predicted molar refractivity (Wildman–Crippen MR) is 194 cm³/mol. The second-order valence-corrected chi connectivity index (χ2v) is 12.6. The second kappa shape index (κ2) is 11.7. The Hall–Kier alpha value is -5.15. The Morgan fingerprint density at radius 3 is 2.07 bits per heavy atom. The quantitative estimate of drug-likeness (QED) is 0.179. The molecule has 3 aromatic heterocycles. The van der Waals surface area contributed by atoms with E-state index in [0.29, 0.717) is 5.92 Å². The molecule has 3 nitrogen and oxygen atoms in total. The van der Waals surface area contributed by atoms with Crippen LogP contribution < -0.4 is 0 Å². The third kappa shape index (κ3) is 4.61. The average molecular weight is 598 g/mol. The third-order valence-electron chi connectivity index (χ3n) is 9.68. The summed E-state index contributed by atoms with van der Waals surface area (Å²) in [6, 6.07) is 41.6. The molecule has 8 rings (SSSR count). The Kier molecular flexibility index (Phi) is 7.18. The lowest BCUT2D eigenvalue weighted by Gasteiger charge is -2.16. The molecule has 3 heteroatoms. The first-order chi connectivity index (χ1) is 22.7. The Bertz CT molecular complexity index is 2160. The van der Waals surface area contributed by atoms with E-state index in [1.165, 1.54) is 61.1 Å². The first-order valence-electron chi connectivity index (χ1n) is 16.8. The largest absolute Gasteiger partial charge is 0.310 e. The highest BCUT2D eigenvalue weighted by atomic mass is 15.1. The molecule has 7 aromatic rings. The zero-order valence-electron chi connectivity index (χ0n) is 26.9. The van der Waals surface area contributed by atoms with Gasteiger partial charge in [0.15, 0.2) is 0 Å². The lowest BCUT2D eigenvalue weighted by Crippen LogP contribution is -2.05. The summed E-state index contributed by atoms with van der Waals surface area (Å²) >= 11 is 0. The van der Waals surface area contributed by atoms with Gasteiger partial charge in [-0.1, -0.05) is 112 Å². The van der Waals surface area contributed by atoms with Crippen molar-refractivity contribution < 1.29 is 0 Å². The SMILES string of the molecule is CCCc1c(CC)c2cc3c4c(n(-c5ccccc5)c3cc2n1-c1cc(-c2ccccc2)cc(-c2ccccc2)n1)C=CCC4C. The van der Waals surface area contributed by atoms with Crippen LogP contribution in [0.25, 0.3) is 61.8 Å². The maximum atomic E-state index is 5.42. The van der Waals surface area contributed by atoms with Crippen molar-refractivity contribution in [1.29, 1.82) is 0 Å². The van der Waals surface area contributed by atoms with E-state index in [1.807, 2.05) is 0 Å². The lowest BCUT2D eigenvalue weighted by molar-refractivity contribution is 0.773. The zero-order valence-corrected chi connectivity index (χ0v) is 26.9. The van der Waals surface area contributed by atoms with Crippen LogP contribution in [-0.2, 0) is 12.8 Å². The number of nitrogens with zero attached hydrogens (tertiary/aromatic N) is 3. The minimum atomic E-state index is 0.463. The van der Waals surface area contributed by atoms with E-state index in [0.717, 1.165) is 42.8 Å². The van der Waals surface area contributed by atoms with Crippen LogP contribution in [0.3, 0.4) is 0 Å². The van der Waals surface area contributed by atoms with Crippen LogP contribution in [0.4, 0.5) is 0 Å². The monoisotopic (exact) mass is 597 g/mol. The summed E-state index contributed by atoms with van der Waals surface area (Å²) in [4.78, 5) is 5.42. The molecule has 0 aliphatic heterocycles. The van der Waals surface area contributed by atoms with Crippen LogP contribution in [0, 0.1) is 0 Å². The van der Waals surface area contributed by atoms with E-state index in [2.05, 4.69) is 157 Å². The maximum Gasteiger partial charge on any atom is 0.138 e. The fraction of sp³-hybridized carbons (Fsp3) is 0.186. The summed E-state index contributed by atoms with van der Waals surface area (Å²) in [7, 11) is 0. The highest BCUT2D eigenvalue weighted by Gasteiger charge is 2.26. The number of benzene rings is 4. The summed E-state index contributed by atoms with van der Waals surface area (Å²) in [6.07, 6.45) is 8.79. The fourth-order valence-electron chi connectivity index (χ4n) is 7.61. The van der Waals surface area contributed by atoms with Gasteiger partial charge in [0.05, 0.1) is 16.7 Å². The van der Waals surface area contributed by atoms with Gasteiger partial charge in [-0.05, 0) is 89.9 Å². The van der Waals surface area contributed by atoms with Crippen molar-refractivity contribution in [2.45, 2.75) is 52.4 Å². The molecule has 0 amide bonds. The van der Waals surface area contributed by atoms with Crippen molar-refractivity contribution in [3.63, 3.8) is 0 Å². The molecule has 4 aromatic carbocycles. The van der Waals surface area contributed by atoms with Crippen molar-refractivity contribution in [1.82, 2.24) is 14.1 Å². The van der Waals surface area contributed by atoms with Crippen molar-refractivity contribution in [3.05, 3.63) is 144 Å². The molecule has 0 saturated carbocycles. The van der Waals surface area contributed by atoms with Gasteiger partial charge in [-0.15, -0.1) is 0 Å². The Morgan fingerprint density at radius 2 is 1.37 bits per heavy atom. The van der Waals surface area contributed by atoms with Gasteiger partial charge >= 0.3 is 0 Å². The summed E-state index contributed by atoms with van der Waals surface area (Å²) < 4.78 is 4.96.